The van der Waals surface area contributed by atoms with Gasteiger partial charge in [0.25, 0.3) is 0 Å². The fourth-order valence-electron chi connectivity index (χ4n) is 0.538. The van der Waals surface area contributed by atoms with Gasteiger partial charge in [0.15, 0.2) is 0 Å². The lowest BCUT2D eigenvalue weighted by Crippen LogP contribution is -1.82. The monoisotopic (exact) mass is 237 g/mol. The summed E-state index contributed by atoms with van der Waals surface area (Å²) in [6.07, 6.45) is 0. The molecule has 0 bridgehead atoms. The fourth-order valence-corrected chi connectivity index (χ4v) is 0.975. The highest BCUT2D eigenvalue weighted by atomic mass is 127. The Hall–Kier alpha value is -0.320. The molecule has 3 heteroatoms. The molecule has 0 aliphatic heterocycles. The molecule has 1 aromatic rings. The average Bonchev–Trinajstić information content (AvgIpc) is 1.89. The fraction of sp³-hybridized carbons (Fsp3) is 0. The van der Waals surface area contributed by atoms with Crippen LogP contribution in [0.25, 0.3) is 0 Å². The third-order valence-corrected chi connectivity index (χ3v) is 1.56. The second-order valence-electron chi connectivity index (χ2n) is 1.57. The maximum absolute atomic E-state index is 12.5. The van der Waals surface area contributed by atoms with Crippen LogP contribution in [0.1, 0.15) is 0 Å². The molecular weight excluding hydrogens is 232 g/mol. The van der Waals surface area contributed by atoms with Crippen LogP contribution in [-0.2, 0) is 0 Å². The topological polar surface area (TPSA) is 12.0 Å². The van der Waals surface area contributed by atoms with E-state index in [1.165, 1.54) is 6.07 Å². The minimum Gasteiger partial charge on any atom is -0.326 e. The van der Waals surface area contributed by atoms with Crippen molar-refractivity contribution in [3.63, 3.8) is 0 Å². The molecule has 0 unspecified atom stereocenters. The average molecular weight is 237 g/mol. The first kappa shape index (κ1) is 6.80. The first-order chi connectivity index (χ1) is 4.34. The van der Waals surface area contributed by atoms with Crippen LogP contribution in [0.15, 0.2) is 24.3 Å². The van der Waals surface area contributed by atoms with Crippen LogP contribution in [-0.4, -0.2) is 0 Å². The van der Waals surface area contributed by atoms with Crippen molar-refractivity contribution in [1.82, 2.24) is 0 Å². The highest BCUT2D eigenvalue weighted by Gasteiger charge is 1.94. The van der Waals surface area contributed by atoms with E-state index in [0.717, 1.165) is 0 Å². The number of rotatable bonds is 1. The summed E-state index contributed by atoms with van der Waals surface area (Å²) >= 11 is 1.89. The van der Waals surface area contributed by atoms with Crippen LogP contribution in [0, 0.1) is 5.82 Å². The molecule has 0 spiro atoms. The molecule has 0 heterocycles. The molecule has 0 aliphatic carbocycles. The van der Waals surface area contributed by atoms with Gasteiger partial charge in [0, 0.05) is 0 Å². The molecule has 1 N–H and O–H groups in total. The lowest BCUT2D eigenvalue weighted by molar-refractivity contribution is 0.633. The first-order valence-corrected chi connectivity index (χ1v) is 3.53. The number of anilines is 1. The predicted octanol–water partition coefficient (Wildman–Crippen LogP) is 2.59. The molecule has 0 saturated heterocycles. The van der Waals surface area contributed by atoms with Gasteiger partial charge in [0.1, 0.15) is 5.82 Å². The van der Waals surface area contributed by atoms with Gasteiger partial charge in [-0.2, -0.15) is 0 Å². The largest absolute Gasteiger partial charge is 0.326 e. The minimum atomic E-state index is -0.216. The molecule has 9 heavy (non-hydrogen) atoms. The van der Waals surface area contributed by atoms with E-state index in [9.17, 15) is 4.39 Å². The first-order valence-electron chi connectivity index (χ1n) is 2.46. The molecule has 48 valence electrons. The van der Waals surface area contributed by atoms with Crippen LogP contribution in [0.5, 0.6) is 0 Å². The van der Waals surface area contributed by atoms with Crippen molar-refractivity contribution in [2.24, 2.45) is 0 Å². The number of halogens is 2. The SMILES string of the molecule is Fc1ccccc1NI. The molecule has 1 aromatic carbocycles. The smallest absolute Gasteiger partial charge is 0.146 e. The zero-order chi connectivity index (χ0) is 6.69. The number of hydrogen-bond acceptors (Lipinski definition) is 1. The zero-order valence-electron chi connectivity index (χ0n) is 4.57. The Balaban J connectivity index is 3.01. The van der Waals surface area contributed by atoms with Crippen LogP contribution < -0.4 is 3.53 Å². The summed E-state index contributed by atoms with van der Waals surface area (Å²) < 4.78 is 15.2. The molecule has 0 amide bonds. The Morgan fingerprint density at radius 3 is 2.44 bits per heavy atom. The Morgan fingerprint density at radius 2 is 2.00 bits per heavy atom. The van der Waals surface area contributed by atoms with Gasteiger partial charge in [-0.05, 0) is 12.1 Å². The molecule has 0 radical (unpaired) electrons. The summed E-state index contributed by atoms with van der Waals surface area (Å²) in [6, 6.07) is 6.54. The highest BCUT2D eigenvalue weighted by Crippen LogP contribution is 2.13. The van der Waals surface area contributed by atoms with E-state index in [1.54, 1.807) is 18.2 Å². The quantitative estimate of drug-likeness (QED) is 0.584. The summed E-state index contributed by atoms with van der Waals surface area (Å²) in [5, 5.41) is 0. The molecule has 0 saturated carbocycles. The van der Waals surface area contributed by atoms with Crippen molar-refractivity contribution in [2.45, 2.75) is 0 Å². The van der Waals surface area contributed by atoms with Crippen molar-refractivity contribution in [3.05, 3.63) is 30.1 Å². The van der Waals surface area contributed by atoms with Gasteiger partial charge in [0.2, 0.25) is 0 Å². The molecule has 0 aliphatic rings. The highest BCUT2D eigenvalue weighted by molar-refractivity contribution is 14.1. The van der Waals surface area contributed by atoms with Gasteiger partial charge < -0.3 is 3.53 Å². The standard InChI is InChI=1S/C6H5FIN/c7-5-3-1-2-4-6(5)9-8/h1-4,9H. The molecule has 1 rings (SSSR count). The Bertz CT molecular complexity index is 202. The van der Waals surface area contributed by atoms with E-state index in [4.69, 9.17) is 0 Å². The third-order valence-electron chi connectivity index (χ3n) is 0.976. The molecular formula is C6H5FIN. The second-order valence-corrected chi connectivity index (χ2v) is 2.11. The molecule has 0 atom stereocenters. The Morgan fingerprint density at radius 1 is 1.33 bits per heavy atom. The lowest BCUT2D eigenvalue weighted by atomic mass is 10.3. The van der Waals surface area contributed by atoms with E-state index >= 15 is 0 Å². The van der Waals surface area contributed by atoms with Crippen LogP contribution in [0.4, 0.5) is 10.1 Å². The Kier molecular flexibility index (Phi) is 2.27. The van der Waals surface area contributed by atoms with Crippen LogP contribution >= 0.6 is 22.9 Å². The van der Waals surface area contributed by atoms with Gasteiger partial charge in [-0.15, -0.1) is 0 Å². The molecule has 1 nitrogen and oxygen atoms in total. The van der Waals surface area contributed by atoms with Crippen molar-refractivity contribution in [1.29, 1.82) is 0 Å². The summed E-state index contributed by atoms with van der Waals surface area (Å²) in [5.74, 6) is -0.216. The van der Waals surface area contributed by atoms with Gasteiger partial charge in [-0.25, -0.2) is 4.39 Å². The van der Waals surface area contributed by atoms with Crippen molar-refractivity contribution < 1.29 is 4.39 Å². The lowest BCUT2D eigenvalue weighted by Gasteiger charge is -1.96. The van der Waals surface area contributed by atoms with E-state index in [2.05, 4.69) is 3.53 Å². The van der Waals surface area contributed by atoms with Crippen LogP contribution in [0.2, 0.25) is 0 Å². The maximum Gasteiger partial charge on any atom is 0.146 e. The molecule has 0 aromatic heterocycles. The van der Waals surface area contributed by atoms with E-state index < -0.39 is 0 Å². The predicted molar refractivity (Wildman–Crippen MR) is 44.0 cm³/mol. The zero-order valence-corrected chi connectivity index (χ0v) is 6.72. The minimum absolute atomic E-state index is 0.216. The Labute approximate surface area is 66.8 Å². The summed E-state index contributed by atoms with van der Waals surface area (Å²) in [6.45, 7) is 0. The van der Waals surface area contributed by atoms with E-state index in [1.807, 2.05) is 22.9 Å². The van der Waals surface area contributed by atoms with Gasteiger partial charge in [-0.1, -0.05) is 12.1 Å². The maximum atomic E-state index is 12.5. The third kappa shape index (κ3) is 1.54. The number of para-hydroxylation sites is 1. The normalized spacial score (nSPS) is 9.11. The van der Waals surface area contributed by atoms with Gasteiger partial charge in [-0.3, -0.25) is 0 Å². The summed E-state index contributed by atoms with van der Waals surface area (Å²) in [7, 11) is 0. The van der Waals surface area contributed by atoms with Crippen molar-refractivity contribution in [2.75, 3.05) is 3.53 Å². The van der Waals surface area contributed by atoms with Gasteiger partial charge >= 0.3 is 0 Å². The van der Waals surface area contributed by atoms with Crippen LogP contribution in [0.3, 0.4) is 0 Å². The summed E-state index contributed by atoms with van der Waals surface area (Å²) in [4.78, 5) is 0. The van der Waals surface area contributed by atoms with E-state index in [0.29, 0.717) is 5.69 Å². The van der Waals surface area contributed by atoms with Gasteiger partial charge in [0.05, 0.1) is 28.6 Å². The number of nitrogens with one attached hydrogen (secondary N) is 1. The second kappa shape index (κ2) is 3.00. The number of benzene rings is 1. The van der Waals surface area contributed by atoms with E-state index in [-0.39, 0.29) is 5.82 Å². The summed E-state index contributed by atoms with van der Waals surface area (Å²) in [5.41, 5.74) is 0.526. The molecule has 0 fully saturated rings. The van der Waals surface area contributed by atoms with Crippen molar-refractivity contribution in [3.8, 4) is 0 Å². The van der Waals surface area contributed by atoms with Crippen molar-refractivity contribution >= 4 is 28.6 Å². The number of hydrogen-bond donors (Lipinski definition) is 1.